The molecular formula is C21H29FN2O3. The number of hydrogen-bond donors (Lipinski definition) is 1. The van der Waals surface area contributed by atoms with Gasteiger partial charge in [0.05, 0.1) is 5.41 Å². The van der Waals surface area contributed by atoms with Crippen LogP contribution in [0.1, 0.15) is 58.4 Å². The molecule has 1 saturated heterocycles. The van der Waals surface area contributed by atoms with E-state index >= 15 is 0 Å². The summed E-state index contributed by atoms with van der Waals surface area (Å²) >= 11 is 0. The second-order valence-corrected chi connectivity index (χ2v) is 8.66. The monoisotopic (exact) mass is 376 g/mol. The number of nitrogens with one attached hydrogen (secondary N) is 1. The van der Waals surface area contributed by atoms with Crippen molar-refractivity contribution in [2.45, 2.75) is 69.9 Å². The third-order valence-electron chi connectivity index (χ3n) is 5.52. The van der Waals surface area contributed by atoms with Crippen LogP contribution in [0.4, 0.5) is 9.18 Å². The predicted octanol–water partition coefficient (Wildman–Crippen LogP) is 3.76. The Morgan fingerprint density at radius 2 is 1.74 bits per heavy atom. The Kier molecular flexibility index (Phi) is 5.45. The lowest BCUT2D eigenvalue weighted by atomic mass is 9.63. The number of amides is 2. The number of likely N-dealkylation sites (tertiary alicyclic amines) is 1. The molecule has 6 heteroatoms. The third kappa shape index (κ3) is 4.42. The van der Waals surface area contributed by atoms with Gasteiger partial charge in [0.2, 0.25) is 5.91 Å². The number of ether oxygens (including phenoxy) is 1. The lowest BCUT2D eigenvalue weighted by Gasteiger charge is -2.42. The summed E-state index contributed by atoms with van der Waals surface area (Å²) in [6.45, 7) is 6.70. The van der Waals surface area contributed by atoms with Crippen molar-refractivity contribution >= 4 is 12.0 Å². The highest BCUT2D eigenvalue weighted by Gasteiger charge is 2.46. The van der Waals surface area contributed by atoms with Crippen molar-refractivity contribution < 1.29 is 18.7 Å². The van der Waals surface area contributed by atoms with Crippen molar-refractivity contribution in [1.82, 2.24) is 10.2 Å². The average molecular weight is 376 g/mol. The van der Waals surface area contributed by atoms with Crippen molar-refractivity contribution in [2.75, 3.05) is 13.1 Å². The molecule has 0 radical (unpaired) electrons. The number of nitrogens with zero attached hydrogens (tertiary/aromatic N) is 1. The van der Waals surface area contributed by atoms with Crippen molar-refractivity contribution in [3.05, 3.63) is 35.6 Å². The van der Waals surface area contributed by atoms with Gasteiger partial charge in [0.25, 0.3) is 0 Å². The van der Waals surface area contributed by atoms with Crippen molar-refractivity contribution in [2.24, 2.45) is 0 Å². The highest BCUT2D eigenvalue weighted by atomic mass is 19.1. The summed E-state index contributed by atoms with van der Waals surface area (Å²) in [6, 6.07) is 6.33. The smallest absolute Gasteiger partial charge is 0.410 e. The van der Waals surface area contributed by atoms with Gasteiger partial charge in [0.15, 0.2) is 0 Å². The van der Waals surface area contributed by atoms with Gasteiger partial charge in [-0.05, 0) is 64.2 Å². The van der Waals surface area contributed by atoms with Gasteiger partial charge in [-0.3, -0.25) is 4.79 Å². The topological polar surface area (TPSA) is 58.6 Å². The maximum atomic E-state index is 13.2. The number of halogens is 1. The molecular weight excluding hydrogens is 347 g/mol. The number of benzene rings is 1. The Morgan fingerprint density at radius 3 is 2.22 bits per heavy atom. The summed E-state index contributed by atoms with van der Waals surface area (Å²) in [5, 5.41) is 3.17. The van der Waals surface area contributed by atoms with Crippen LogP contribution in [0.2, 0.25) is 0 Å². The zero-order chi connectivity index (χ0) is 19.7. The minimum Gasteiger partial charge on any atom is -0.444 e. The zero-order valence-electron chi connectivity index (χ0n) is 16.4. The molecule has 1 aliphatic carbocycles. The van der Waals surface area contributed by atoms with Gasteiger partial charge in [0.1, 0.15) is 11.4 Å². The van der Waals surface area contributed by atoms with Gasteiger partial charge in [0, 0.05) is 19.1 Å². The molecule has 2 fully saturated rings. The van der Waals surface area contributed by atoms with Crippen LogP contribution < -0.4 is 5.32 Å². The molecule has 2 amide bonds. The predicted molar refractivity (Wildman–Crippen MR) is 101 cm³/mol. The maximum absolute atomic E-state index is 13.2. The highest BCUT2D eigenvalue weighted by Crippen LogP contribution is 2.44. The molecule has 1 N–H and O–H groups in total. The summed E-state index contributed by atoms with van der Waals surface area (Å²) in [5.41, 5.74) is -0.150. The molecule has 1 heterocycles. The zero-order valence-corrected chi connectivity index (χ0v) is 16.4. The first kappa shape index (κ1) is 19.6. The van der Waals surface area contributed by atoms with E-state index in [9.17, 15) is 14.0 Å². The molecule has 0 bridgehead atoms. The number of carbonyl (C=O) groups excluding carboxylic acids is 2. The van der Waals surface area contributed by atoms with Gasteiger partial charge < -0.3 is 15.0 Å². The van der Waals surface area contributed by atoms with Gasteiger partial charge in [-0.1, -0.05) is 18.6 Å². The quantitative estimate of drug-likeness (QED) is 0.874. The third-order valence-corrected chi connectivity index (χ3v) is 5.52. The van der Waals surface area contributed by atoms with E-state index in [4.69, 9.17) is 4.74 Å². The summed E-state index contributed by atoms with van der Waals surface area (Å²) in [4.78, 5) is 26.9. The fourth-order valence-corrected chi connectivity index (χ4v) is 3.80. The summed E-state index contributed by atoms with van der Waals surface area (Å²) in [5.74, 6) is -0.265. The van der Waals surface area contributed by atoms with Crippen LogP contribution >= 0.6 is 0 Å². The number of rotatable bonds is 3. The Balaban J connectivity index is 1.56. The summed E-state index contributed by atoms with van der Waals surface area (Å²) in [6.07, 6.45) is 3.72. The van der Waals surface area contributed by atoms with Crippen LogP contribution in [0.25, 0.3) is 0 Å². The normalized spacial score (nSPS) is 19.9. The Morgan fingerprint density at radius 1 is 1.15 bits per heavy atom. The molecule has 0 atom stereocenters. The Hall–Kier alpha value is -2.11. The molecule has 0 unspecified atom stereocenters. The van der Waals surface area contributed by atoms with E-state index in [1.807, 2.05) is 20.8 Å². The number of piperidine rings is 1. The highest BCUT2D eigenvalue weighted by molar-refractivity contribution is 5.89. The molecule has 1 aromatic carbocycles. The van der Waals surface area contributed by atoms with Gasteiger partial charge in [-0.15, -0.1) is 0 Å². The molecule has 0 spiro atoms. The molecule has 1 saturated carbocycles. The first-order valence-corrected chi connectivity index (χ1v) is 9.75. The first-order chi connectivity index (χ1) is 12.7. The van der Waals surface area contributed by atoms with Crippen molar-refractivity contribution in [3.63, 3.8) is 0 Å². The number of carbonyl (C=O) groups is 2. The minimum absolute atomic E-state index is 0.0241. The molecule has 27 heavy (non-hydrogen) atoms. The fraction of sp³-hybridized carbons (Fsp3) is 0.619. The summed E-state index contributed by atoms with van der Waals surface area (Å²) in [7, 11) is 0. The van der Waals surface area contributed by atoms with Crippen LogP contribution in [-0.2, 0) is 14.9 Å². The minimum atomic E-state index is -0.532. The standard InChI is InChI=1S/C21H29FN2O3/c1-20(2,3)27-19(26)24-13-9-17(10-14-24)23-18(25)21(11-4-12-21)15-5-7-16(22)8-6-15/h5-8,17H,4,9-14H2,1-3H3,(H,23,25). The average Bonchev–Trinajstić information content (AvgIpc) is 2.54. The van der Waals surface area contributed by atoms with Gasteiger partial charge in [-0.2, -0.15) is 0 Å². The SMILES string of the molecule is CC(C)(C)OC(=O)N1CCC(NC(=O)C2(c3ccc(F)cc3)CCC2)CC1. The first-order valence-electron chi connectivity index (χ1n) is 9.75. The molecule has 3 rings (SSSR count). The molecule has 1 aliphatic heterocycles. The van der Waals surface area contributed by atoms with E-state index < -0.39 is 11.0 Å². The van der Waals surface area contributed by atoms with E-state index in [-0.39, 0.29) is 23.9 Å². The van der Waals surface area contributed by atoms with E-state index in [1.165, 1.54) is 12.1 Å². The maximum Gasteiger partial charge on any atom is 0.410 e. The molecule has 5 nitrogen and oxygen atoms in total. The van der Waals surface area contributed by atoms with Crippen LogP contribution in [0.5, 0.6) is 0 Å². The summed E-state index contributed by atoms with van der Waals surface area (Å²) < 4.78 is 18.6. The Bertz CT molecular complexity index is 684. The van der Waals surface area contributed by atoms with Crippen LogP contribution in [0, 0.1) is 5.82 Å². The van der Waals surface area contributed by atoms with Crippen LogP contribution in [0.3, 0.4) is 0 Å². The lowest BCUT2D eigenvalue weighted by Crippen LogP contribution is -2.54. The van der Waals surface area contributed by atoms with Crippen molar-refractivity contribution in [3.8, 4) is 0 Å². The second-order valence-electron chi connectivity index (χ2n) is 8.66. The molecule has 148 valence electrons. The van der Waals surface area contributed by atoms with E-state index in [1.54, 1.807) is 17.0 Å². The molecule has 1 aromatic rings. The van der Waals surface area contributed by atoms with E-state index in [2.05, 4.69) is 5.32 Å². The fourth-order valence-electron chi connectivity index (χ4n) is 3.80. The van der Waals surface area contributed by atoms with Crippen LogP contribution in [-0.4, -0.2) is 41.6 Å². The lowest BCUT2D eigenvalue weighted by molar-refractivity contribution is -0.131. The van der Waals surface area contributed by atoms with Crippen molar-refractivity contribution in [1.29, 1.82) is 0 Å². The van der Waals surface area contributed by atoms with Gasteiger partial charge >= 0.3 is 6.09 Å². The largest absolute Gasteiger partial charge is 0.444 e. The van der Waals surface area contributed by atoms with E-state index in [0.29, 0.717) is 25.9 Å². The van der Waals surface area contributed by atoms with Gasteiger partial charge in [-0.25, -0.2) is 9.18 Å². The second kappa shape index (κ2) is 7.49. The van der Waals surface area contributed by atoms with Crippen LogP contribution in [0.15, 0.2) is 24.3 Å². The molecule has 2 aliphatic rings. The van der Waals surface area contributed by atoms with E-state index in [0.717, 1.165) is 24.8 Å². The number of hydrogen-bond acceptors (Lipinski definition) is 3. The molecule has 0 aromatic heterocycles. The Labute approximate surface area is 160 Å².